The van der Waals surface area contributed by atoms with Crippen LogP contribution in [0.4, 0.5) is 11.4 Å². The van der Waals surface area contributed by atoms with E-state index >= 15 is 0 Å². The fourth-order valence-corrected chi connectivity index (χ4v) is 7.28. The zero-order valence-corrected chi connectivity index (χ0v) is 30.6. The predicted octanol–water partition coefficient (Wildman–Crippen LogP) is 14.4. The summed E-state index contributed by atoms with van der Waals surface area (Å²) in [6.45, 7) is 6.67. The number of hydrogen-bond donors (Lipinski definition) is 0. The highest BCUT2D eigenvalue weighted by atomic mass is 16.3. The largest absolute Gasteiger partial charge is 0.454 e. The lowest BCUT2D eigenvalue weighted by molar-refractivity contribution is 0.631. The van der Waals surface area contributed by atoms with E-state index in [4.69, 9.17) is 4.42 Å². The van der Waals surface area contributed by atoms with Crippen molar-refractivity contribution in [1.82, 2.24) is 4.98 Å². The van der Waals surface area contributed by atoms with E-state index in [1.165, 1.54) is 38.2 Å². The maximum Gasteiger partial charge on any atom is 0.153 e. The Morgan fingerprint density at radius 2 is 1.05 bits per heavy atom. The molecule has 0 saturated carbocycles. The minimum atomic E-state index is 0.774. The summed E-state index contributed by atoms with van der Waals surface area (Å²) in [6.07, 6.45) is 8.18. The van der Waals surface area contributed by atoms with Crippen LogP contribution < -0.4 is 4.90 Å². The third-order valence-electron chi connectivity index (χ3n) is 10.3. The lowest BCUT2D eigenvalue weighted by atomic mass is 9.98. The summed E-state index contributed by atoms with van der Waals surface area (Å²) in [5.74, 6) is 0.787. The summed E-state index contributed by atoms with van der Waals surface area (Å²) < 4.78 is 6.13. The first kappa shape index (κ1) is 33.6. The molecule has 0 fully saturated rings. The fraction of sp³-hybridized carbons (Fsp3) is 0.0192. The molecule has 0 radical (unpaired) electrons. The SMILES string of the molecule is C=C(/C=C\C(=C/C)c1ccc(-c2ccc3ccccc3c2)cc1)N(c1ccc(-c2ccc3ccccc3c2)cc1)c1ccc(-c2cc3ncccc3o2)cc1. The maximum absolute atomic E-state index is 6.13. The number of furan rings is 1. The molecule has 0 bridgehead atoms. The van der Waals surface area contributed by atoms with Gasteiger partial charge < -0.3 is 9.32 Å². The summed E-state index contributed by atoms with van der Waals surface area (Å²) in [5, 5.41) is 4.96. The fourth-order valence-electron chi connectivity index (χ4n) is 7.28. The van der Waals surface area contributed by atoms with Crippen molar-refractivity contribution < 1.29 is 4.42 Å². The monoisotopic (exact) mass is 706 g/mol. The summed E-state index contributed by atoms with van der Waals surface area (Å²) in [6, 6.07) is 62.0. The van der Waals surface area contributed by atoms with Crippen LogP contribution in [0.5, 0.6) is 0 Å². The van der Waals surface area contributed by atoms with E-state index in [9.17, 15) is 0 Å². The van der Waals surface area contributed by atoms with Gasteiger partial charge in [-0.15, -0.1) is 0 Å². The number of nitrogens with zero attached hydrogens (tertiary/aromatic N) is 2. The van der Waals surface area contributed by atoms with E-state index in [2.05, 4.69) is 199 Å². The first-order valence-electron chi connectivity index (χ1n) is 18.6. The first-order valence-corrected chi connectivity index (χ1v) is 18.6. The van der Waals surface area contributed by atoms with Crippen molar-refractivity contribution in [1.29, 1.82) is 0 Å². The molecule has 262 valence electrons. The van der Waals surface area contributed by atoms with Gasteiger partial charge in [-0.25, -0.2) is 0 Å². The summed E-state index contributed by atoms with van der Waals surface area (Å²) in [5.41, 5.74) is 12.5. The van der Waals surface area contributed by atoms with Gasteiger partial charge in [-0.1, -0.05) is 128 Å². The van der Waals surface area contributed by atoms with E-state index in [0.29, 0.717) is 0 Å². The van der Waals surface area contributed by atoms with E-state index in [0.717, 1.165) is 56.2 Å². The highest BCUT2D eigenvalue weighted by Gasteiger charge is 2.15. The second-order valence-electron chi connectivity index (χ2n) is 13.7. The second kappa shape index (κ2) is 14.7. The van der Waals surface area contributed by atoms with Gasteiger partial charge in [0.25, 0.3) is 0 Å². The molecule has 0 aliphatic rings. The molecular formula is C52H38N2O. The van der Waals surface area contributed by atoms with Crippen molar-refractivity contribution in [2.24, 2.45) is 0 Å². The first-order chi connectivity index (χ1) is 27.1. The van der Waals surface area contributed by atoms with Gasteiger partial charge in [0.05, 0.1) is 0 Å². The molecule has 0 amide bonds. The van der Waals surface area contributed by atoms with Crippen LogP contribution in [-0.4, -0.2) is 4.98 Å². The normalized spacial score (nSPS) is 11.8. The molecule has 2 heterocycles. The maximum atomic E-state index is 6.13. The van der Waals surface area contributed by atoms with Crippen molar-refractivity contribution in [3.63, 3.8) is 0 Å². The Hall–Kier alpha value is -7.23. The molecule has 0 aliphatic heterocycles. The topological polar surface area (TPSA) is 29.3 Å². The average molecular weight is 707 g/mol. The third-order valence-corrected chi connectivity index (χ3v) is 10.3. The van der Waals surface area contributed by atoms with Crippen LogP contribution in [0.3, 0.4) is 0 Å². The number of pyridine rings is 1. The van der Waals surface area contributed by atoms with Crippen molar-refractivity contribution in [2.45, 2.75) is 6.92 Å². The standard InChI is InChI=1S/C52H38N2O/c1-3-37(40-16-18-41(19-17-40)46-22-20-38-9-4-6-11-44(38)33-46)15-14-36(2)54(49-30-26-43(27-31-49)52-35-50-51(55-52)13-8-32-53-50)48-28-24-42(25-29-48)47-23-21-39-10-5-7-12-45(39)34-47/h3-35H,2H2,1H3/b15-14-,37-3+. The molecule has 0 N–H and O–H groups in total. The highest BCUT2D eigenvalue weighted by molar-refractivity contribution is 5.89. The molecule has 0 spiro atoms. The number of allylic oxidation sites excluding steroid dienone is 4. The zero-order chi connectivity index (χ0) is 37.1. The van der Waals surface area contributed by atoms with E-state index in [-0.39, 0.29) is 0 Å². The van der Waals surface area contributed by atoms with Crippen LogP contribution in [0.2, 0.25) is 0 Å². The van der Waals surface area contributed by atoms with E-state index in [1.807, 2.05) is 18.2 Å². The number of rotatable bonds is 9. The Balaban J connectivity index is 1.01. The van der Waals surface area contributed by atoms with Gasteiger partial charge in [0, 0.05) is 34.9 Å². The molecule has 3 heteroatoms. The zero-order valence-electron chi connectivity index (χ0n) is 30.6. The van der Waals surface area contributed by atoms with Crippen molar-refractivity contribution in [2.75, 3.05) is 4.90 Å². The van der Waals surface area contributed by atoms with Gasteiger partial charge in [-0.2, -0.15) is 0 Å². The number of hydrogen-bond acceptors (Lipinski definition) is 3. The second-order valence-corrected chi connectivity index (χ2v) is 13.7. The smallest absolute Gasteiger partial charge is 0.153 e. The molecule has 9 rings (SSSR count). The Morgan fingerprint density at radius 3 is 1.62 bits per heavy atom. The van der Waals surface area contributed by atoms with Crippen LogP contribution in [0.25, 0.3) is 71.8 Å². The van der Waals surface area contributed by atoms with Crippen LogP contribution >= 0.6 is 0 Å². The van der Waals surface area contributed by atoms with Gasteiger partial charge >= 0.3 is 0 Å². The predicted molar refractivity (Wildman–Crippen MR) is 232 cm³/mol. The minimum Gasteiger partial charge on any atom is -0.454 e. The third kappa shape index (κ3) is 6.88. The molecular weight excluding hydrogens is 669 g/mol. The highest BCUT2D eigenvalue weighted by Crippen LogP contribution is 2.36. The van der Waals surface area contributed by atoms with E-state index < -0.39 is 0 Å². The Bertz CT molecular complexity index is 2840. The lowest BCUT2D eigenvalue weighted by Gasteiger charge is -2.26. The van der Waals surface area contributed by atoms with Crippen molar-refractivity contribution in [3.8, 4) is 33.6 Å². The quantitative estimate of drug-likeness (QED) is 0.140. The number of fused-ring (bicyclic) bond motifs is 3. The summed E-state index contributed by atoms with van der Waals surface area (Å²) in [7, 11) is 0. The number of aromatic nitrogens is 1. The Kier molecular flexibility index (Phi) is 8.95. The molecule has 9 aromatic rings. The minimum absolute atomic E-state index is 0.774. The molecule has 0 atom stereocenters. The van der Waals surface area contributed by atoms with Gasteiger partial charge in [0.1, 0.15) is 11.3 Å². The Labute approximate surface area is 321 Å². The molecule has 0 unspecified atom stereocenters. The van der Waals surface area contributed by atoms with Gasteiger partial charge in [0.2, 0.25) is 0 Å². The van der Waals surface area contributed by atoms with Crippen LogP contribution in [-0.2, 0) is 0 Å². The van der Waals surface area contributed by atoms with Gasteiger partial charge in [-0.3, -0.25) is 4.98 Å². The summed E-state index contributed by atoms with van der Waals surface area (Å²) in [4.78, 5) is 6.64. The van der Waals surface area contributed by atoms with Crippen LogP contribution in [0, 0.1) is 0 Å². The molecule has 0 aliphatic carbocycles. The molecule has 7 aromatic carbocycles. The van der Waals surface area contributed by atoms with Crippen LogP contribution in [0.1, 0.15) is 12.5 Å². The van der Waals surface area contributed by atoms with Crippen LogP contribution in [0.15, 0.2) is 217 Å². The van der Waals surface area contributed by atoms with Gasteiger partial charge in [0.15, 0.2) is 5.58 Å². The van der Waals surface area contributed by atoms with Crippen molar-refractivity contribution >= 4 is 49.6 Å². The number of anilines is 2. The molecule has 2 aromatic heterocycles. The number of benzene rings is 7. The summed E-state index contributed by atoms with van der Waals surface area (Å²) >= 11 is 0. The molecule has 3 nitrogen and oxygen atoms in total. The molecule has 0 saturated heterocycles. The molecule has 55 heavy (non-hydrogen) atoms. The Morgan fingerprint density at radius 1 is 0.527 bits per heavy atom. The van der Waals surface area contributed by atoms with Crippen molar-refractivity contribution in [3.05, 3.63) is 218 Å². The lowest BCUT2D eigenvalue weighted by Crippen LogP contribution is -2.14. The average Bonchev–Trinajstić information content (AvgIpc) is 3.69. The van der Waals surface area contributed by atoms with Gasteiger partial charge in [-0.05, 0) is 129 Å². The van der Waals surface area contributed by atoms with E-state index in [1.54, 1.807) is 6.20 Å².